The molecule has 2 aromatic rings. The van der Waals surface area contributed by atoms with Gasteiger partial charge in [-0.1, -0.05) is 19.6 Å². The van der Waals surface area contributed by atoms with Gasteiger partial charge in [-0.25, -0.2) is 4.68 Å². The average Bonchev–Trinajstić information content (AvgIpc) is 3.14. The molecule has 0 saturated heterocycles. The van der Waals surface area contributed by atoms with Crippen LogP contribution in [0.15, 0.2) is 17.2 Å². The number of aromatic amines is 1. The van der Waals surface area contributed by atoms with Gasteiger partial charge in [0.15, 0.2) is 0 Å². The summed E-state index contributed by atoms with van der Waals surface area (Å²) >= 11 is 0. The molecule has 21 heavy (non-hydrogen) atoms. The van der Waals surface area contributed by atoms with Crippen molar-refractivity contribution in [1.82, 2.24) is 14.8 Å². The van der Waals surface area contributed by atoms with Crippen LogP contribution in [0.4, 0.5) is 0 Å². The predicted molar refractivity (Wildman–Crippen MR) is 86.4 cm³/mol. The van der Waals surface area contributed by atoms with Gasteiger partial charge in [0.2, 0.25) is 0 Å². The predicted octanol–water partition coefficient (Wildman–Crippen LogP) is 2.91. The lowest BCUT2D eigenvalue weighted by molar-refractivity contribution is 0.0815. The van der Waals surface area contributed by atoms with Crippen molar-refractivity contribution in [3.8, 4) is 0 Å². The quantitative estimate of drug-likeness (QED) is 0.659. The van der Waals surface area contributed by atoms with Crippen LogP contribution in [0.3, 0.4) is 0 Å². The van der Waals surface area contributed by atoms with Gasteiger partial charge in [-0.2, -0.15) is 5.10 Å². The summed E-state index contributed by atoms with van der Waals surface area (Å²) in [4.78, 5) is 14.9. The van der Waals surface area contributed by atoms with E-state index in [0.717, 1.165) is 18.0 Å². The zero-order valence-electron chi connectivity index (χ0n) is 13.0. The lowest BCUT2D eigenvalue weighted by atomic mass is 10.1. The van der Waals surface area contributed by atoms with E-state index >= 15 is 0 Å². The molecule has 0 atom stereocenters. The van der Waals surface area contributed by atoms with Crippen LogP contribution in [0, 0.1) is 0 Å². The van der Waals surface area contributed by atoms with Gasteiger partial charge >= 0.3 is 0 Å². The number of pyridine rings is 1. The number of hydrogen-bond acceptors (Lipinski definition) is 3. The Kier molecular flexibility index (Phi) is 3.75. The van der Waals surface area contributed by atoms with Gasteiger partial charge < -0.3 is 9.72 Å². The van der Waals surface area contributed by atoms with E-state index in [1.165, 1.54) is 18.4 Å². The second-order valence-corrected chi connectivity index (χ2v) is 12.7. The van der Waals surface area contributed by atoms with E-state index in [2.05, 4.69) is 29.7 Å². The highest BCUT2D eigenvalue weighted by atomic mass is 28.3. The zero-order chi connectivity index (χ0) is 15.0. The summed E-state index contributed by atoms with van der Waals surface area (Å²) in [6.07, 6.45) is 6.07. The Balaban J connectivity index is 1.77. The molecule has 3 rings (SSSR count). The molecule has 5 nitrogen and oxygen atoms in total. The standard InChI is InChI=1S/C15H23N3O2Si/c1-21(2,3)7-6-20-10-18-14-13(9-17-18)12(11-4-5-11)8-16-15(14)19/h8-9,11H,4-7,10H2,1-3H3,(H,16,19). The minimum absolute atomic E-state index is 0.0827. The maximum atomic E-state index is 12.1. The number of H-pyrrole nitrogens is 1. The summed E-state index contributed by atoms with van der Waals surface area (Å²) in [5.74, 6) is 0.592. The van der Waals surface area contributed by atoms with Gasteiger partial charge in [0, 0.05) is 26.3 Å². The fraction of sp³-hybridized carbons (Fsp3) is 0.600. The monoisotopic (exact) mass is 305 g/mol. The van der Waals surface area contributed by atoms with Crippen LogP contribution in [0.5, 0.6) is 0 Å². The van der Waals surface area contributed by atoms with Crippen molar-refractivity contribution in [2.24, 2.45) is 0 Å². The molecule has 0 aliphatic heterocycles. The summed E-state index contributed by atoms with van der Waals surface area (Å²) in [6.45, 7) is 8.06. The van der Waals surface area contributed by atoms with Gasteiger partial charge in [0.1, 0.15) is 12.2 Å². The third-order valence-electron chi connectivity index (χ3n) is 3.95. The second-order valence-electron chi connectivity index (χ2n) is 7.10. The first-order valence-electron chi connectivity index (χ1n) is 7.60. The molecule has 0 unspecified atom stereocenters. The molecule has 1 aliphatic carbocycles. The molecule has 6 heteroatoms. The van der Waals surface area contributed by atoms with Crippen LogP contribution in [0.25, 0.3) is 10.9 Å². The van der Waals surface area contributed by atoms with Crippen molar-refractivity contribution in [2.45, 2.75) is 51.2 Å². The molecule has 0 bridgehead atoms. The van der Waals surface area contributed by atoms with E-state index in [1.807, 2.05) is 6.20 Å². The van der Waals surface area contributed by atoms with Gasteiger partial charge in [-0.3, -0.25) is 4.79 Å². The molecule has 0 spiro atoms. The van der Waals surface area contributed by atoms with E-state index < -0.39 is 8.07 Å². The van der Waals surface area contributed by atoms with Crippen molar-refractivity contribution in [3.63, 3.8) is 0 Å². The molecular formula is C15H23N3O2Si. The van der Waals surface area contributed by atoms with Gasteiger partial charge in [0.25, 0.3) is 5.56 Å². The zero-order valence-corrected chi connectivity index (χ0v) is 14.0. The van der Waals surface area contributed by atoms with Crippen LogP contribution in [0.2, 0.25) is 25.7 Å². The smallest absolute Gasteiger partial charge is 0.274 e. The fourth-order valence-corrected chi connectivity index (χ4v) is 3.24. The Hall–Kier alpha value is -1.40. The van der Waals surface area contributed by atoms with Gasteiger partial charge in [-0.15, -0.1) is 0 Å². The number of nitrogens with zero attached hydrogens (tertiary/aromatic N) is 2. The number of rotatable bonds is 6. The lowest BCUT2D eigenvalue weighted by Crippen LogP contribution is -2.22. The van der Waals surface area contributed by atoms with Crippen molar-refractivity contribution in [3.05, 3.63) is 28.3 Å². The van der Waals surface area contributed by atoms with Crippen LogP contribution in [-0.2, 0) is 11.5 Å². The van der Waals surface area contributed by atoms with E-state index in [-0.39, 0.29) is 5.56 Å². The SMILES string of the molecule is C[Si](C)(C)CCOCn1ncc2c(C3CC3)c[nH]c(=O)c21. The Morgan fingerprint density at radius 1 is 1.43 bits per heavy atom. The van der Waals surface area contributed by atoms with Crippen molar-refractivity contribution in [1.29, 1.82) is 0 Å². The van der Waals surface area contributed by atoms with E-state index in [4.69, 9.17) is 4.74 Å². The molecule has 1 fully saturated rings. The molecule has 1 saturated carbocycles. The largest absolute Gasteiger partial charge is 0.360 e. The molecule has 2 heterocycles. The highest BCUT2D eigenvalue weighted by Gasteiger charge is 2.27. The summed E-state index contributed by atoms with van der Waals surface area (Å²) in [5.41, 5.74) is 1.78. The number of nitrogens with one attached hydrogen (secondary N) is 1. The number of hydrogen-bond donors (Lipinski definition) is 1. The first kappa shape index (κ1) is 14.5. The molecule has 2 aromatic heterocycles. The fourth-order valence-electron chi connectivity index (χ4n) is 2.48. The minimum atomic E-state index is -1.08. The highest BCUT2D eigenvalue weighted by Crippen LogP contribution is 2.42. The summed E-state index contributed by atoms with van der Waals surface area (Å²) in [6, 6.07) is 1.12. The lowest BCUT2D eigenvalue weighted by Gasteiger charge is -2.15. The number of aromatic nitrogens is 3. The molecule has 114 valence electrons. The Labute approximate surface area is 125 Å². The topological polar surface area (TPSA) is 59.9 Å². The van der Waals surface area contributed by atoms with E-state index in [1.54, 1.807) is 10.9 Å². The molecule has 1 N–H and O–H groups in total. The molecular weight excluding hydrogens is 282 g/mol. The third-order valence-corrected chi connectivity index (χ3v) is 5.66. The van der Waals surface area contributed by atoms with Crippen molar-refractivity contribution >= 4 is 19.0 Å². The molecule has 0 amide bonds. The van der Waals surface area contributed by atoms with Crippen LogP contribution >= 0.6 is 0 Å². The average molecular weight is 305 g/mol. The van der Waals surface area contributed by atoms with Crippen LogP contribution < -0.4 is 5.56 Å². The maximum Gasteiger partial charge on any atom is 0.274 e. The van der Waals surface area contributed by atoms with E-state index in [0.29, 0.717) is 18.2 Å². The number of fused-ring (bicyclic) bond motifs is 1. The van der Waals surface area contributed by atoms with Crippen LogP contribution in [0.1, 0.15) is 24.3 Å². The Morgan fingerprint density at radius 3 is 2.86 bits per heavy atom. The van der Waals surface area contributed by atoms with Gasteiger partial charge in [-0.05, 0) is 30.4 Å². The highest BCUT2D eigenvalue weighted by molar-refractivity contribution is 6.76. The normalized spacial score (nSPS) is 15.8. The first-order chi connectivity index (χ1) is 9.96. The van der Waals surface area contributed by atoms with E-state index in [9.17, 15) is 4.79 Å². The summed E-state index contributed by atoms with van der Waals surface area (Å²) in [5, 5.41) is 5.33. The Morgan fingerprint density at radius 2 is 2.19 bits per heavy atom. The Bertz CT molecular complexity index is 695. The number of ether oxygens (including phenoxy) is 1. The van der Waals surface area contributed by atoms with Gasteiger partial charge in [0.05, 0.1) is 6.20 Å². The van der Waals surface area contributed by atoms with Crippen LogP contribution in [-0.4, -0.2) is 29.4 Å². The molecule has 1 aliphatic rings. The molecule has 0 aromatic carbocycles. The maximum absolute atomic E-state index is 12.1. The second kappa shape index (κ2) is 5.42. The minimum Gasteiger partial charge on any atom is -0.360 e. The van der Waals surface area contributed by atoms with Crippen molar-refractivity contribution < 1.29 is 4.74 Å². The summed E-state index contributed by atoms with van der Waals surface area (Å²) < 4.78 is 7.40. The summed E-state index contributed by atoms with van der Waals surface area (Å²) in [7, 11) is -1.08. The molecule has 0 radical (unpaired) electrons. The third kappa shape index (κ3) is 3.27. The van der Waals surface area contributed by atoms with Crippen molar-refractivity contribution in [2.75, 3.05) is 6.61 Å². The first-order valence-corrected chi connectivity index (χ1v) is 11.3.